The Balaban J connectivity index is 2.76. The third-order valence-corrected chi connectivity index (χ3v) is 4.87. The van der Waals surface area contributed by atoms with Gasteiger partial charge < -0.3 is 0 Å². The molecule has 0 amide bonds. The number of hydrogen-bond acceptors (Lipinski definition) is 1. The molecule has 0 unspecified atom stereocenters. The van der Waals surface area contributed by atoms with E-state index in [0.717, 1.165) is 30.5 Å². The molecule has 0 fully saturated rings. The average molecular weight is 358 g/mol. The van der Waals surface area contributed by atoms with E-state index in [-0.39, 0.29) is 11.2 Å². The van der Waals surface area contributed by atoms with Gasteiger partial charge >= 0.3 is 0 Å². The van der Waals surface area contributed by atoms with Gasteiger partial charge in [-0.25, -0.2) is 4.39 Å². The SMILES string of the molecule is CCCCN=C/C=C(C)/C=C(F)/C=C(C)/C=C/C1=C(C)CCCC1(C)C. The van der Waals surface area contributed by atoms with E-state index in [2.05, 4.69) is 38.8 Å². The fourth-order valence-corrected chi connectivity index (χ4v) is 3.29. The molecule has 0 atom stereocenters. The normalized spacial score (nSPS) is 19.9. The molecule has 144 valence electrons. The molecule has 0 saturated carbocycles. The minimum atomic E-state index is -0.225. The largest absolute Gasteiger partial charge is 0.293 e. The second-order valence-electron chi connectivity index (χ2n) is 8.00. The summed E-state index contributed by atoms with van der Waals surface area (Å²) < 4.78 is 14.2. The summed E-state index contributed by atoms with van der Waals surface area (Å²) in [5, 5.41) is 0. The minimum Gasteiger partial charge on any atom is -0.293 e. The van der Waals surface area contributed by atoms with E-state index < -0.39 is 0 Å². The molecule has 1 rings (SSSR count). The van der Waals surface area contributed by atoms with Crippen molar-refractivity contribution in [1.82, 2.24) is 0 Å². The molecule has 1 nitrogen and oxygen atoms in total. The van der Waals surface area contributed by atoms with Gasteiger partial charge in [-0.15, -0.1) is 0 Å². The van der Waals surface area contributed by atoms with Crippen LogP contribution in [-0.4, -0.2) is 12.8 Å². The summed E-state index contributed by atoms with van der Waals surface area (Å²) in [7, 11) is 0. The molecule has 26 heavy (non-hydrogen) atoms. The monoisotopic (exact) mass is 357 g/mol. The van der Waals surface area contributed by atoms with Gasteiger partial charge in [0, 0.05) is 12.8 Å². The van der Waals surface area contributed by atoms with Crippen LogP contribution in [0.1, 0.15) is 73.6 Å². The minimum absolute atomic E-state index is 0.212. The highest BCUT2D eigenvalue weighted by Gasteiger charge is 2.26. The van der Waals surface area contributed by atoms with Crippen LogP contribution in [0.3, 0.4) is 0 Å². The summed E-state index contributed by atoms with van der Waals surface area (Å²) in [5.74, 6) is -0.225. The number of unbranched alkanes of at least 4 members (excludes halogenated alkanes) is 1. The maximum Gasteiger partial charge on any atom is 0.123 e. The lowest BCUT2D eigenvalue weighted by molar-refractivity contribution is 0.377. The van der Waals surface area contributed by atoms with Crippen LogP contribution in [0.5, 0.6) is 0 Å². The first-order valence-electron chi connectivity index (χ1n) is 9.87. The summed E-state index contributed by atoms with van der Waals surface area (Å²) >= 11 is 0. The van der Waals surface area contributed by atoms with Crippen molar-refractivity contribution >= 4 is 6.21 Å². The molecular weight excluding hydrogens is 321 g/mol. The first-order chi connectivity index (χ1) is 12.3. The standard InChI is InChI=1S/C24H36FN/c1-7-8-15-26-16-13-20(3)18-22(25)17-19(2)11-12-23-21(4)10-9-14-24(23,5)6/h11-13,16-18H,7-10,14-15H2,1-6H3/b12-11+,19-17+,20-13+,22-18-,26-16?. The van der Waals surface area contributed by atoms with Gasteiger partial charge in [-0.1, -0.05) is 44.9 Å². The van der Waals surface area contributed by atoms with E-state index in [9.17, 15) is 4.39 Å². The van der Waals surface area contributed by atoms with Gasteiger partial charge in [-0.3, -0.25) is 4.99 Å². The van der Waals surface area contributed by atoms with E-state index in [1.807, 2.05) is 26.0 Å². The van der Waals surface area contributed by atoms with E-state index >= 15 is 0 Å². The number of halogens is 1. The van der Waals surface area contributed by atoms with E-state index in [4.69, 9.17) is 0 Å². The molecule has 0 N–H and O–H groups in total. The van der Waals surface area contributed by atoms with Gasteiger partial charge in [0.25, 0.3) is 0 Å². The second-order valence-corrected chi connectivity index (χ2v) is 8.00. The second kappa shape index (κ2) is 11.1. The Morgan fingerprint density at radius 1 is 1.19 bits per heavy atom. The first-order valence-corrected chi connectivity index (χ1v) is 9.87. The van der Waals surface area contributed by atoms with E-state index in [1.165, 1.54) is 30.4 Å². The molecule has 2 heteroatoms. The summed E-state index contributed by atoms with van der Waals surface area (Å²) in [6.07, 6.45) is 16.9. The number of rotatable bonds is 8. The van der Waals surface area contributed by atoms with Gasteiger partial charge in [0.2, 0.25) is 0 Å². The topological polar surface area (TPSA) is 12.4 Å². The van der Waals surface area contributed by atoms with Gasteiger partial charge in [0.15, 0.2) is 0 Å². The Labute approximate surface area is 160 Å². The summed E-state index contributed by atoms with van der Waals surface area (Å²) in [6.45, 7) is 13.6. The van der Waals surface area contributed by atoms with Gasteiger partial charge in [-0.2, -0.15) is 0 Å². The Hall–Kier alpha value is -1.70. The van der Waals surface area contributed by atoms with Crippen molar-refractivity contribution < 1.29 is 4.39 Å². The van der Waals surface area contributed by atoms with Crippen LogP contribution in [0, 0.1) is 5.41 Å². The molecule has 0 saturated heterocycles. The van der Waals surface area contributed by atoms with Crippen molar-refractivity contribution in [1.29, 1.82) is 0 Å². The molecule has 1 aliphatic rings. The Bertz CT molecular complexity index is 639. The number of hydrogen-bond donors (Lipinski definition) is 0. The highest BCUT2D eigenvalue weighted by molar-refractivity contribution is 5.72. The van der Waals surface area contributed by atoms with Crippen molar-refractivity contribution in [2.45, 2.75) is 73.6 Å². The quantitative estimate of drug-likeness (QED) is 0.240. The first kappa shape index (κ1) is 22.3. The van der Waals surface area contributed by atoms with Gasteiger partial charge in [-0.05, 0) is 86.8 Å². The summed E-state index contributed by atoms with van der Waals surface area (Å²) in [6, 6.07) is 0. The predicted octanol–water partition coefficient (Wildman–Crippen LogP) is 7.69. The maximum absolute atomic E-state index is 14.2. The summed E-state index contributed by atoms with van der Waals surface area (Å²) in [5.41, 5.74) is 4.86. The van der Waals surface area contributed by atoms with Gasteiger partial charge in [0.05, 0.1) is 0 Å². The highest BCUT2D eigenvalue weighted by Crippen LogP contribution is 2.40. The van der Waals surface area contributed by atoms with Crippen LogP contribution in [-0.2, 0) is 0 Å². The molecule has 0 aliphatic heterocycles. The third kappa shape index (κ3) is 8.12. The number of aliphatic imine (C=N–C) groups is 1. The third-order valence-electron chi connectivity index (χ3n) is 4.87. The van der Waals surface area contributed by atoms with Crippen LogP contribution in [0.25, 0.3) is 0 Å². The van der Waals surface area contributed by atoms with Crippen LogP contribution < -0.4 is 0 Å². The lowest BCUT2D eigenvalue weighted by Crippen LogP contribution is -2.19. The van der Waals surface area contributed by atoms with Crippen molar-refractivity contribution in [3.8, 4) is 0 Å². The zero-order chi connectivity index (χ0) is 19.6. The average Bonchev–Trinajstić information content (AvgIpc) is 2.53. The maximum atomic E-state index is 14.2. The van der Waals surface area contributed by atoms with Crippen molar-refractivity contribution in [2.24, 2.45) is 10.4 Å². The summed E-state index contributed by atoms with van der Waals surface area (Å²) in [4.78, 5) is 4.29. The predicted molar refractivity (Wildman–Crippen MR) is 114 cm³/mol. The molecule has 0 aromatic heterocycles. The van der Waals surface area contributed by atoms with Crippen molar-refractivity contribution in [2.75, 3.05) is 6.54 Å². The smallest absolute Gasteiger partial charge is 0.123 e. The fourth-order valence-electron chi connectivity index (χ4n) is 3.29. The molecule has 0 aromatic rings. The number of allylic oxidation sites excluding steroid dienone is 10. The highest BCUT2D eigenvalue weighted by atomic mass is 19.1. The molecule has 0 heterocycles. The molecular formula is C24H36FN. The molecule has 1 aliphatic carbocycles. The zero-order valence-corrected chi connectivity index (χ0v) is 17.5. The van der Waals surface area contributed by atoms with Crippen LogP contribution in [0.4, 0.5) is 4.39 Å². The van der Waals surface area contributed by atoms with Crippen molar-refractivity contribution in [3.05, 3.63) is 58.5 Å². The Kier molecular flexibility index (Phi) is 9.54. The fraction of sp³-hybridized carbons (Fsp3) is 0.542. The number of nitrogens with zero attached hydrogens (tertiary/aromatic N) is 1. The Morgan fingerprint density at radius 3 is 2.58 bits per heavy atom. The zero-order valence-electron chi connectivity index (χ0n) is 17.5. The lowest BCUT2D eigenvalue weighted by atomic mass is 9.72. The van der Waals surface area contributed by atoms with Crippen LogP contribution >= 0.6 is 0 Å². The lowest BCUT2D eigenvalue weighted by Gasteiger charge is -2.32. The van der Waals surface area contributed by atoms with Crippen LogP contribution in [0.2, 0.25) is 0 Å². The molecule has 0 radical (unpaired) electrons. The molecule has 0 aromatic carbocycles. The van der Waals surface area contributed by atoms with E-state index in [0.29, 0.717) is 0 Å². The molecule has 0 bridgehead atoms. The van der Waals surface area contributed by atoms with E-state index in [1.54, 1.807) is 18.4 Å². The van der Waals surface area contributed by atoms with Crippen molar-refractivity contribution in [3.63, 3.8) is 0 Å². The molecule has 0 spiro atoms. The Morgan fingerprint density at radius 2 is 1.92 bits per heavy atom. The van der Waals surface area contributed by atoms with Crippen LogP contribution in [0.15, 0.2) is 63.5 Å². The van der Waals surface area contributed by atoms with Gasteiger partial charge in [0.1, 0.15) is 5.83 Å².